The Hall–Kier alpha value is -2.72. The summed E-state index contributed by atoms with van der Waals surface area (Å²) in [6, 6.07) is 29.4. The number of carbonyl (C=O) groups excluding carboxylic acids is 1. The Morgan fingerprint density at radius 1 is 0.743 bits per heavy atom. The molecule has 0 atom stereocenters. The van der Waals surface area contributed by atoms with Crippen LogP contribution >= 0.6 is 0 Å². The summed E-state index contributed by atoms with van der Waals surface area (Å²) < 4.78 is 12.0. The van der Waals surface area contributed by atoms with Crippen molar-refractivity contribution in [3.63, 3.8) is 0 Å². The van der Waals surface area contributed by atoms with Gasteiger partial charge in [0.25, 0.3) is 0 Å². The summed E-state index contributed by atoms with van der Waals surface area (Å²) in [6.45, 7) is 2.14. The lowest BCUT2D eigenvalue weighted by atomic mass is 9.50. The molecule has 3 aromatic rings. The second kappa shape index (κ2) is 9.39. The van der Waals surface area contributed by atoms with Crippen molar-refractivity contribution < 1.29 is 14.3 Å². The fraction of sp³-hybridized carbons (Fsp3) is 0.387. The third-order valence-electron chi connectivity index (χ3n) is 8.47. The second-order valence-corrected chi connectivity index (χ2v) is 12.7. The highest BCUT2D eigenvalue weighted by molar-refractivity contribution is 7.97. The molecular formula is C31H33O3S+. The number of ether oxygens (including phenoxy) is 2. The van der Waals surface area contributed by atoms with Crippen molar-refractivity contribution in [2.75, 3.05) is 6.61 Å². The predicted octanol–water partition coefficient (Wildman–Crippen LogP) is 6.92. The van der Waals surface area contributed by atoms with E-state index >= 15 is 0 Å². The van der Waals surface area contributed by atoms with Crippen LogP contribution in [0.2, 0.25) is 0 Å². The van der Waals surface area contributed by atoms with Crippen LogP contribution in [0.4, 0.5) is 0 Å². The minimum absolute atomic E-state index is 0.0374. The molecule has 0 spiro atoms. The quantitative estimate of drug-likeness (QED) is 0.269. The van der Waals surface area contributed by atoms with Crippen LogP contribution in [0.1, 0.15) is 39.0 Å². The van der Waals surface area contributed by atoms with Crippen molar-refractivity contribution in [3.8, 4) is 5.75 Å². The minimum atomic E-state index is -0.308. The van der Waals surface area contributed by atoms with Gasteiger partial charge in [-0.25, -0.2) is 4.79 Å². The molecule has 0 radical (unpaired) electrons. The summed E-state index contributed by atoms with van der Waals surface area (Å²) >= 11 is 0. The van der Waals surface area contributed by atoms with Crippen LogP contribution in [0.25, 0.3) is 0 Å². The number of hydrogen-bond acceptors (Lipinski definition) is 3. The Labute approximate surface area is 211 Å². The summed E-state index contributed by atoms with van der Waals surface area (Å²) in [4.78, 5) is 16.6. The zero-order valence-electron chi connectivity index (χ0n) is 20.3. The molecule has 0 amide bonds. The summed E-state index contributed by atoms with van der Waals surface area (Å²) in [5, 5.41) is 0. The van der Waals surface area contributed by atoms with Gasteiger partial charge in [-0.2, -0.15) is 0 Å². The first-order chi connectivity index (χ1) is 17.1. The van der Waals surface area contributed by atoms with E-state index in [1.54, 1.807) is 0 Å². The van der Waals surface area contributed by atoms with Crippen molar-refractivity contribution in [3.05, 3.63) is 84.9 Å². The van der Waals surface area contributed by atoms with Gasteiger partial charge in [0.1, 0.15) is 11.4 Å². The second-order valence-electron chi connectivity index (χ2n) is 10.7. The summed E-state index contributed by atoms with van der Waals surface area (Å²) in [6.07, 6.45) is 6.30. The first-order valence-corrected chi connectivity index (χ1v) is 14.1. The standard InChI is InChI=1S/C31H33O3S/c1-31(24-17-22-16-23(19-24)20-25(31)18-22)34-30(32)21-33-26-12-14-29(15-13-26)35(27-8-4-2-5-9-27)28-10-6-3-7-11-28/h2-15,22-25H,16-21H2,1H3/q+1. The van der Waals surface area contributed by atoms with E-state index in [-0.39, 0.29) is 29.1 Å². The molecule has 0 N–H and O–H groups in total. The molecule has 4 aliphatic carbocycles. The molecule has 4 bridgehead atoms. The van der Waals surface area contributed by atoms with E-state index in [0.29, 0.717) is 17.6 Å². The molecule has 4 saturated carbocycles. The van der Waals surface area contributed by atoms with Crippen molar-refractivity contribution in [2.45, 2.75) is 59.3 Å². The predicted molar refractivity (Wildman–Crippen MR) is 139 cm³/mol. The monoisotopic (exact) mass is 485 g/mol. The van der Waals surface area contributed by atoms with E-state index in [9.17, 15) is 4.79 Å². The first-order valence-electron chi connectivity index (χ1n) is 12.9. The van der Waals surface area contributed by atoms with Crippen molar-refractivity contribution in [1.82, 2.24) is 0 Å². The van der Waals surface area contributed by atoms with Gasteiger partial charge in [-0.1, -0.05) is 36.4 Å². The van der Waals surface area contributed by atoms with Gasteiger partial charge in [0.05, 0.1) is 10.9 Å². The van der Waals surface area contributed by atoms with Crippen LogP contribution < -0.4 is 4.74 Å². The number of hydrogen-bond donors (Lipinski definition) is 0. The molecule has 180 valence electrons. The molecule has 4 heteroatoms. The molecular weight excluding hydrogens is 452 g/mol. The zero-order valence-corrected chi connectivity index (χ0v) is 21.1. The number of esters is 1. The van der Waals surface area contributed by atoms with Crippen molar-refractivity contribution in [1.29, 1.82) is 0 Å². The summed E-state index contributed by atoms with van der Waals surface area (Å²) in [7, 11) is -0.196. The number of carbonyl (C=O) groups is 1. The molecule has 0 aromatic heterocycles. The van der Waals surface area contributed by atoms with E-state index in [4.69, 9.17) is 9.47 Å². The molecule has 35 heavy (non-hydrogen) atoms. The summed E-state index contributed by atoms with van der Waals surface area (Å²) in [5.74, 6) is 3.22. The van der Waals surface area contributed by atoms with Crippen LogP contribution in [-0.4, -0.2) is 18.2 Å². The van der Waals surface area contributed by atoms with Gasteiger partial charge in [-0.3, -0.25) is 0 Å². The van der Waals surface area contributed by atoms with Gasteiger partial charge in [-0.05, 0) is 111 Å². The van der Waals surface area contributed by atoms with E-state index in [1.165, 1.54) is 46.8 Å². The maximum absolute atomic E-state index is 12.8. The molecule has 0 saturated heterocycles. The minimum Gasteiger partial charge on any atom is -0.482 e. The lowest BCUT2D eigenvalue weighted by Gasteiger charge is -2.59. The van der Waals surface area contributed by atoms with Gasteiger partial charge in [0.2, 0.25) is 0 Å². The largest absolute Gasteiger partial charge is 0.482 e. The van der Waals surface area contributed by atoms with Gasteiger partial charge in [0.15, 0.2) is 21.3 Å². The van der Waals surface area contributed by atoms with E-state index in [1.807, 2.05) is 12.1 Å². The maximum atomic E-state index is 12.8. The van der Waals surface area contributed by atoms with Gasteiger partial charge >= 0.3 is 5.97 Å². The van der Waals surface area contributed by atoms with Crippen LogP contribution in [0.5, 0.6) is 5.75 Å². The Bertz CT molecular complexity index is 1090. The third kappa shape index (κ3) is 4.49. The van der Waals surface area contributed by atoms with Gasteiger partial charge in [-0.15, -0.1) is 0 Å². The molecule has 7 rings (SSSR count). The third-order valence-corrected chi connectivity index (χ3v) is 10.7. The van der Waals surface area contributed by atoms with Gasteiger partial charge < -0.3 is 9.47 Å². The lowest BCUT2D eigenvalue weighted by Crippen LogP contribution is -2.58. The normalized spacial score (nSPS) is 28.7. The first kappa shape index (κ1) is 22.7. The summed E-state index contributed by atoms with van der Waals surface area (Å²) in [5.41, 5.74) is -0.308. The molecule has 3 nitrogen and oxygen atoms in total. The Morgan fingerprint density at radius 2 is 1.23 bits per heavy atom. The zero-order chi connectivity index (χ0) is 23.8. The molecule has 0 aliphatic heterocycles. The SMILES string of the molecule is CC1(OC(=O)COc2ccc([S+](c3ccccc3)c3ccccc3)cc2)C2CC3CC(C2)CC1C3. The molecule has 4 aliphatic rings. The van der Waals surface area contributed by atoms with E-state index in [2.05, 4.69) is 79.7 Å². The highest BCUT2D eigenvalue weighted by Gasteiger charge is 2.57. The molecule has 0 unspecified atom stereocenters. The highest BCUT2D eigenvalue weighted by atomic mass is 32.2. The maximum Gasteiger partial charge on any atom is 0.344 e. The Kier molecular flexibility index (Phi) is 6.09. The van der Waals surface area contributed by atoms with Gasteiger partial charge in [0, 0.05) is 0 Å². The van der Waals surface area contributed by atoms with E-state index < -0.39 is 0 Å². The van der Waals surface area contributed by atoms with Crippen LogP contribution in [0, 0.1) is 23.7 Å². The average Bonchev–Trinajstić information content (AvgIpc) is 2.88. The smallest absolute Gasteiger partial charge is 0.344 e. The molecule has 0 heterocycles. The number of rotatable bonds is 7. The number of benzene rings is 3. The fourth-order valence-corrected chi connectivity index (χ4v) is 8.98. The van der Waals surface area contributed by atoms with Crippen molar-refractivity contribution >= 4 is 16.9 Å². The van der Waals surface area contributed by atoms with E-state index in [0.717, 1.165) is 11.8 Å². The Morgan fingerprint density at radius 3 is 1.74 bits per heavy atom. The fourth-order valence-electron chi connectivity index (χ4n) is 6.90. The van der Waals surface area contributed by atoms with Crippen molar-refractivity contribution in [2.24, 2.45) is 23.7 Å². The lowest BCUT2D eigenvalue weighted by molar-refractivity contribution is -0.204. The van der Waals surface area contributed by atoms with Crippen LogP contribution in [0.15, 0.2) is 99.6 Å². The highest BCUT2D eigenvalue weighted by Crippen LogP contribution is 2.59. The van der Waals surface area contributed by atoms with Crippen LogP contribution in [0.3, 0.4) is 0 Å². The molecule has 3 aromatic carbocycles. The average molecular weight is 486 g/mol. The van der Waals surface area contributed by atoms with Crippen LogP contribution in [-0.2, 0) is 20.4 Å². The topological polar surface area (TPSA) is 35.5 Å². The molecule has 4 fully saturated rings. The Balaban J connectivity index is 1.12.